The number of ether oxygens (including phenoxy) is 1. The first-order chi connectivity index (χ1) is 10.5. The Balaban J connectivity index is 2.13. The van der Waals surface area contributed by atoms with Crippen LogP contribution in [0.25, 0.3) is 0 Å². The Hall–Kier alpha value is -1.68. The predicted molar refractivity (Wildman–Crippen MR) is 86.4 cm³/mol. The quantitative estimate of drug-likeness (QED) is 0.777. The van der Waals surface area contributed by atoms with E-state index in [9.17, 15) is 9.59 Å². The van der Waals surface area contributed by atoms with Crippen molar-refractivity contribution in [1.82, 2.24) is 4.90 Å². The van der Waals surface area contributed by atoms with Crippen LogP contribution in [0.3, 0.4) is 0 Å². The molecular weight excluding hydrogens is 278 g/mol. The van der Waals surface area contributed by atoms with Gasteiger partial charge < -0.3 is 14.4 Å². The Morgan fingerprint density at radius 3 is 2.64 bits per heavy atom. The molecule has 1 aromatic rings. The van der Waals surface area contributed by atoms with E-state index in [0.717, 1.165) is 19.4 Å². The summed E-state index contributed by atoms with van der Waals surface area (Å²) >= 11 is 0. The lowest BCUT2D eigenvalue weighted by Crippen LogP contribution is -2.38. The lowest BCUT2D eigenvalue weighted by molar-refractivity contribution is -0.117. The van der Waals surface area contributed by atoms with Crippen LogP contribution in [0.2, 0.25) is 0 Å². The SMILES string of the molecule is CC(=O)CCC1C(=O)c2ccccc2OC1CCCN(C)C. The number of nitrogens with zero attached hydrogens (tertiary/aromatic N) is 1. The fourth-order valence-corrected chi connectivity index (χ4v) is 2.93. The third-order valence-corrected chi connectivity index (χ3v) is 4.12. The van der Waals surface area contributed by atoms with Gasteiger partial charge in [-0.3, -0.25) is 4.79 Å². The number of hydrogen-bond donors (Lipinski definition) is 0. The molecular formula is C18H25NO3. The molecule has 1 aliphatic rings. The topological polar surface area (TPSA) is 46.6 Å². The summed E-state index contributed by atoms with van der Waals surface area (Å²) in [4.78, 5) is 26.2. The summed E-state index contributed by atoms with van der Waals surface area (Å²) in [5, 5.41) is 0. The maximum atomic E-state index is 12.7. The van der Waals surface area contributed by atoms with E-state index in [1.165, 1.54) is 0 Å². The van der Waals surface area contributed by atoms with Crippen LogP contribution in [-0.2, 0) is 4.79 Å². The van der Waals surface area contributed by atoms with Crippen LogP contribution in [0.4, 0.5) is 0 Å². The molecule has 0 saturated carbocycles. The van der Waals surface area contributed by atoms with E-state index in [0.29, 0.717) is 24.2 Å². The fraction of sp³-hybridized carbons (Fsp3) is 0.556. The molecule has 4 heteroatoms. The summed E-state index contributed by atoms with van der Waals surface area (Å²) in [7, 11) is 4.07. The van der Waals surface area contributed by atoms with Gasteiger partial charge in [0.1, 0.15) is 17.6 Å². The summed E-state index contributed by atoms with van der Waals surface area (Å²) in [6.45, 7) is 2.54. The Morgan fingerprint density at radius 2 is 1.95 bits per heavy atom. The highest BCUT2D eigenvalue weighted by Crippen LogP contribution is 2.34. The van der Waals surface area contributed by atoms with Crippen LogP contribution in [-0.4, -0.2) is 43.2 Å². The van der Waals surface area contributed by atoms with Gasteiger partial charge in [0.25, 0.3) is 0 Å². The monoisotopic (exact) mass is 303 g/mol. The zero-order valence-electron chi connectivity index (χ0n) is 13.7. The first-order valence-electron chi connectivity index (χ1n) is 7.93. The number of fused-ring (bicyclic) bond motifs is 1. The van der Waals surface area contributed by atoms with Crippen LogP contribution in [0.1, 0.15) is 43.0 Å². The van der Waals surface area contributed by atoms with Gasteiger partial charge in [-0.15, -0.1) is 0 Å². The summed E-state index contributed by atoms with van der Waals surface area (Å²) in [6.07, 6.45) is 2.70. The number of rotatable bonds is 7. The number of benzene rings is 1. The summed E-state index contributed by atoms with van der Waals surface area (Å²) in [5.41, 5.74) is 0.653. The average molecular weight is 303 g/mol. The minimum absolute atomic E-state index is 0.123. The number of para-hydroxylation sites is 1. The third kappa shape index (κ3) is 4.17. The van der Waals surface area contributed by atoms with Gasteiger partial charge in [0.2, 0.25) is 0 Å². The van der Waals surface area contributed by atoms with Gasteiger partial charge in [-0.25, -0.2) is 0 Å². The molecule has 2 unspecified atom stereocenters. The summed E-state index contributed by atoms with van der Waals surface area (Å²) in [5.74, 6) is 0.721. The van der Waals surface area contributed by atoms with E-state index in [4.69, 9.17) is 4.74 Å². The second-order valence-corrected chi connectivity index (χ2v) is 6.31. The van der Waals surface area contributed by atoms with Crippen LogP contribution < -0.4 is 4.74 Å². The van der Waals surface area contributed by atoms with Crippen LogP contribution >= 0.6 is 0 Å². The molecule has 4 nitrogen and oxygen atoms in total. The first-order valence-corrected chi connectivity index (χ1v) is 7.93. The van der Waals surface area contributed by atoms with Crippen molar-refractivity contribution in [3.05, 3.63) is 29.8 Å². The molecule has 2 rings (SSSR count). The van der Waals surface area contributed by atoms with Crippen molar-refractivity contribution in [2.45, 2.75) is 38.7 Å². The predicted octanol–water partition coefficient (Wildman–Crippen LogP) is 2.96. The molecule has 0 amide bonds. The second kappa shape index (κ2) is 7.54. The molecule has 120 valence electrons. The number of ketones is 2. The molecule has 2 atom stereocenters. The maximum Gasteiger partial charge on any atom is 0.173 e. The van der Waals surface area contributed by atoms with Crippen molar-refractivity contribution < 1.29 is 14.3 Å². The second-order valence-electron chi connectivity index (χ2n) is 6.31. The molecule has 0 aromatic heterocycles. The van der Waals surface area contributed by atoms with E-state index in [1.54, 1.807) is 6.92 Å². The Labute approximate surface area is 132 Å². The highest BCUT2D eigenvalue weighted by atomic mass is 16.5. The van der Waals surface area contributed by atoms with E-state index in [1.807, 2.05) is 38.4 Å². The first kappa shape index (κ1) is 16.7. The fourth-order valence-electron chi connectivity index (χ4n) is 2.93. The maximum absolute atomic E-state index is 12.7. The van der Waals surface area contributed by atoms with Crippen molar-refractivity contribution >= 4 is 11.6 Å². The molecule has 1 aliphatic heterocycles. The van der Waals surface area contributed by atoms with Gasteiger partial charge >= 0.3 is 0 Å². The van der Waals surface area contributed by atoms with Crippen LogP contribution in [0.5, 0.6) is 5.75 Å². The highest BCUT2D eigenvalue weighted by Gasteiger charge is 2.36. The summed E-state index contributed by atoms with van der Waals surface area (Å²) in [6, 6.07) is 7.41. The number of hydrogen-bond acceptors (Lipinski definition) is 4. The van der Waals surface area contributed by atoms with Gasteiger partial charge in [-0.1, -0.05) is 12.1 Å². The number of carbonyl (C=O) groups excluding carboxylic acids is 2. The molecule has 0 aliphatic carbocycles. The van der Waals surface area contributed by atoms with Gasteiger partial charge in [-0.05, 0) is 59.0 Å². The van der Waals surface area contributed by atoms with Crippen molar-refractivity contribution in [2.24, 2.45) is 5.92 Å². The zero-order valence-corrected chi connectivity index (χ0v) is 13.7. The highest BCUT2D eigenvalue weighted by molar-refractivity contribution is 6.01. The van der Waals surface area contributed by atoms with Crippen LogP contribution in [0.15, 0.2) is 24.3 Å². The van der Waals surface area contributed by atoms with Gasteiger partial charge in [0.15, 0.2) is 5.78 Å². The van der Waals surface area contributed by atoms with E-state index in [-0.39, 0.29) is 23.6 Å². The van der Waals surface area contributed by atoms with E-state index in [2.05, 4.69) is 4.90 Å². The molecule has 1 aromatic carbocycles. The molecule has 0 saturated heterocycles. The average Bonchev–Trinajstić information content (AvgIpc) is 2.46. The largest absolute Gasteiger partial charge is 0.489 e. The minimum Gasteiger partial charge on any atom is -0.489 e. The Bertz CT molecular complexity index is 539. The molecule has 0 bridgehead atoms. The molecule has 0 fully saturated rings. The van der Waals surface area contributed by atoms with Gasteiger partial charge in [-0.2, -0.15) is 0 Å². The minimum atomic E-state index is -0.207. The van der Waals surface area contributed by atoms with Crippen LogP contribution in [0, 0.1) is 5.92 Å². The van der Waals surface area contributed by atoms with E-state index >= 15 is 0 Å². The molecule has 1 heterocycles. The molecule has 0 N–H and O–H groups in total. The van der Waals surface area contributed by atoms with Crippen molar-refractivity contribution in [3.63, 3.8) is 0 Å². The summed E-state index contributed by atoms with van der Waals surface area (Å²) < 4.78 is 6.08. The standard InChI is InChI=1S/C18H25NO3/c1-13(20)10-11-15-17(9-6-12-19(2)3)22-16-8-5-4-7-14(16)18(15)21/h4-5,7-8,15,17H,6,9-12H2,1-3H3. The number of Topliss-reactive ketones (excluding diaryl/α,β-unsaturated/α-hetero) is 2. The smallest absolute Gasteiger partial charge is 0.173 e. The van der Waals surface area contributed by atoms with E-state index < -0.39 is 0 Å². The van der Waals surface area contributed by atoms with Crippen molar-refractivity contribution in [2.75, 3.05) is 20.6 Å². The normalized spacial score (nSPS) is 20.6. The van der Waals surface area contributed by atoms with Gasteiger partial charge in [0, 0.05) is 6.42 Å². The van der Waals surface area contributed by atoms with Crippen molar-refractivity contribution in [3.8, 4) is 5.75 Å². The number of carbonyl (C=O) groups is 2. The Kier molecular flexibility index (Phi) is 5.72. The molecule has 0 radical (unpaired) electrons. The Morgan fingerprint density at radius 1 is 1.23 bits per heavy atom. The molecule has 0 spiro atoms. The lowest BCUT2D eigenvalue weighted by Gasteiger charge is -2.32. The van der Waals surface area contributed by atoms with Crippen molar-refractivity contribution in [1.29, 1.82) is 0 Å². The third-order valence-electron chi connectivity index (χ3n) is 4.12. The zero-order chi connectivity index (χ0) is 16.1. The molecule has 22 heavy (non-hydrogen) atoms. The lowest BCUT2D eigenvalue weighted by atomic mass is 9.83. The van der Waals surface area contributed by atoms with Gasteiger partial charge in [0.05, 0.1) is 11.5 Å².